The molecule has 8 heteroatoms. The predicted molar refractivity (Wildman–Crippen MR) is 112 cm³/mol. The number of nitrogens with two attached hydrogens (primary N) is 1. The number of aromatic nitrogens is 2. The zero-order valence-electron chi connectivity index (χ0n) is 16.9. The number of halogens is 1. The average molecular weight is 410 g/mol. The van der Waals surface area contributed by atoms with Crippen molar-refractivity contribution in [1.82, 2.24) is 9.55 Å². The molecule has 1 aliphatic carbocycles. The Morgan fingerprint density at radius 3 is 2.73 bits per heavy atom. The van der Waals surface area contributed by atoms with Gasteiger partial charge >= 0.3 is 5.97 Å². The van der Waals surface area contributed by atoms with Crippen molar-refractivity contribution >= 4 is 33.6 Å². The Hall–Kier alpha value is -3.00. The van der Waals surface area contributed by atoms with Crippen LogP contribution in [-0.4, -0.2) is 40.8 Å². The fraction of sp³-hybridized carbons (Fsp3) is 0.409. The second-order valence-corrected chi connectivity index (χ2v) is 8.14. The van der Waals surface area contributed by atoms with E-state index in [-0.39, 0.29) is 36.1 Å². The summed E-state index contributed by atoms with van der Waals surface area (Å²) in [7, 11) is 0. The van der Waals surface area contributed by atoms with Crippen LogP contribution in [0.25, 0.3) is 21.9 Å². The van der Waals surface area contributed by atoms with Crippen molar-refractivity contribution in [1.29, 1.82) is 0 Å². The van der Waals surface area contributed by atoms with Crippen molar-refractivity contribution in [2.75, 3.05) is 18.1 Å². The first-order valence-corrected chi connectivity index (χ1v) is 10.3. The van der Waals surface area contributed by atoms with E-state index in [0.717, 1.165) is 12.8 Å². The zero-order chi connectivity index (χ0) is 21.2. The van der Waals surface area contributed by atoms with Gasteiger partial charge in [0.15, 0.2) is 0 Å². The number of rotatable bonds is 4. The van der Waals surface area contributed by atoms with Gasteiger partial charge in [-0.1, -0.05) is 0 Å². The molecule has 3 aromatic rings. The van der Waals surface area contributed by atoms with Crippen LogP contribution in [-0.2, 0) is 4.74 Å². The SMILES string of the molecule is CCOC(=O)c1cn(C2CC2)c2nc3cc(N4C[C@H](N)[C@H]4C)c(F)cc3cc2c1=O. The van der Waals surface area contributed by atoms with Gasteiger partial charge in [0.1, 0.15) is 17.0 Å². The Morgan fingerprint density at radius 2 is 2.10 bits per heavy atom. The molecule has 3 heterocycles. The average Bonchev–Trinajstić information content (AvgIpc) is 3.56. The largest absolute Gasteiger partial charge is 0.462 e. The van der Waals surface area contributed by atoms with Crippen molar-refractivity contribution in [3.05, 3.63) is 46.0 Å². The fourth-order valence-corrected chi connectivity index (χ4v) is 4.10. The molecule has 156 valence electrons. The number of fused-ring (bicyclic) bond motifs is 2. The highest BCUT2D eigenvalue weighted by molar-refractivity contribution is 5.97. The molecule has 2 aliphatic rings. The van der Waals surface area contributed by atoms with Gasteiger partial charge in [-0.3, -0.25) is 4.79 Å². The van der Waals surface area contributed by atoms with E-state index >= 15 is 0 Å². The van der Waals surface area contributed by atoms with E-state index in [4.69, 9.17) is 15.5 Å². The lowest BCUT2D eigenvalue weighted by Gasteiger charge is -2.46. The fourth-order valence-electron chi connectivity index (χ4n) is 4.10. The third kappa shape index (κ3) is 2.86. The van der Waals surface area contributed by atoms with Gasteiger partial charge in [0, 0.05) is 36.3 Å². The second-order valence-electron chi connectivity index (χ2n) is 8.14. The number of esters is 1. The summed E-state index contributed by atoms with van der Waals surface area (Å²) >= 11 is 0. The third-order valence-corrected chi connectivity index (χ3v) is 6.13. The van der Waals surface area contributed by atoms with E-state index in [9.17, 15) is 14.0 Å². The molecule has 1 saturated heterocycles. The molecule has 30 heavy (non-hydrogen) atoms. The summed E-state index contributed by atoms with van der Waals surface area (Å²) in [5, 5.41) is 0.813. The maximum atomic E-state index is 14.8. The number of carbonyl (C=O) groups is 1. The Labute approximate surface area is 172 Å². The van der Waals surface area contributed by atoms with Crippen LogP contribution in [0.5, 0.6) is 0 Å². The standard InChI is InChI=1S/C22H23FN4O3/c1-3-30-22(29)15-9-27(13-4-5-13)21-14(20(15)28)6-12-7-16(23)19(8-18(12)25-21)26-10-17(24)11(26)2/h6-9,11,13,17H,3-5,10,24H2,1-2H3/t11-,17+/m1/s1. The lowest BCUT2D eigenvalue weighted by atomic mass is 9.97. The minimum Gasteiger partial charge on any atom is -0.462 e. The van der Waals surface area contributed by atoms with E-state index in [2.05, 4.69) is 0 Å². The molecule has 1 aromatic carbocycles. The maximum absolute atomic E-state index is 14.8. The highest BCUT2D eigenvalue weighted by atomic mass is 19.1. The number of nitrogens with zero attached hydrogens (tertiary/aromatic N) is 3. The molecule has 5 rings (SSSR count). The third-order valence-electron chi connectivity index (χ3n) is 6.13. The minimum absolute atomic E-state index is 0.0158. The summed E-state index contributed by atoms with van der Waals surface area (Å²) in [5.41, 5.74) is 7.08. The van der Waals surface area contributed by atoms with Crippen molar-refractivity contribution < 1.29 is 13.9 Å². The van der Waals surface area contributed by atoms with E-state index in [1.54, 1.807) is 25.3 Å². The summed E-state index contributed by atoms with van der Waals surface area (Å²) in [4.78, 5) is 32.0. The number of hydrogen-bond acceptors (Lipinski definition) is 6. The van der Waals surface area contributed by atoms with E-state index in [1.807, 2.05) is 16.4 Å². The van der Waals surface area contributed by atoms with E-state index in [1.165, 1.54) is 6.07 Å². The molecule has 2 fully saturated rings. The van der Waals surface area contributed by atoms with E-state index in [0.29, 0.717) is 34.2 Å². The van der Waals surface area contributed by atoms with Gasteiger partial charge in [0.2, 0.25) is 5.43 Å². The van der Waals surface area contributed by atoms with Crippen LogP contribution in [0.2, 0.25) is 0 Å². The van der Waals surface area contributed by atoms with Crippen LogP contribution in [0.3, 0.4) is 0 Å². The minimum atomic E-state index is -0.650. The van der Waals surface area contributed by atoms with E-state index < -0.39 is 11.4 Å². The van der Waals surface area contributed by atoms with Gasteiger partial charge in [-0.2, -0.15) is 0 Å². The quantitative estimate of drug-likeness (QED) is 0.525. The first kappa shape index (κ1) is 19.0. The van der Waals surface area contributed by atoms with Crippen LogP contribution in [0, 0.1) is 5.82 Å². The van der Waals surface area contributed by atoms with Gasteiger partial charge in [-0.15, -0.1) is 0 Å². The second kappa shape index (κ2) is 6.77. The van der Waals surface area contributed by atoms with Gasteiger partial charge < -0.3 is 19.9 Å². The predicted octanol–water partition coefficient (Wildman–Crippen LogP) is 2.74. The molecule has 0 radical (unpaired) electrons. The lowest BCUT2D eigenvalue weighted by Crippen LogP contribution is -2.63. The molecular weight excluding hydrogens is 387 g/mol. The van der Waals surface area contributed by atoms with Crippen LogP contribution in [0.4, 0.5) is 10.1 Å². The summed E-state index contributed by atoms with van der Waals surface area (Å²) < 4.78 is 21.8. The van der Waals surface area contributed by atoms with Gasteiger partial charge in [0.05, 0.1) is 23.2 Å². The molecule has 2 atom stereocenters. The van der Waals surface area contributed by atoms with Gasteiger partial charge in [0.25, 0.3) is 0 Å². The lowest BCUT2D eigenvalue weighted by molar-refractivity contribution is 0.0524. The number of anilines is 1. The highest BCUT2D eigenvalue weighted by Crippen LogP contribution is 2.38. The monoisotopic (exact) mass is 410 g/mol. The molecule has 0 amide bonds. The topological polar surface area (TPSA) is 90.5 Å². The zero-order valence-corrected chi connectivity index (χ0v) is 16.9. The van der Waals surface area contributed by atoms with Crippen LogP contribution >= 0.6 is 0 Å². The molecule has 0 unspecified atom stereocenters. The molecule has 7 nitrogen and oxygen atoms in total. The Kier molecular flexibility index (Phi) is 4.28. The number of pyridine rings is 2. The van der Waals surface area contributed by atoms with Crippen molar-refractivity contribution in [3.8, 4) is 0 Å². The molecule has 2 N–H and O–H groups in total. The number of benzene rings is 1. The molecular formula is C22H23FN4O3. The Morgan fingerprint density at radius 1 is 1.33 bits per heavy atom. The van der Waals surface area contributed by atoms with Crippen LogP contribution in [0.15, 0.2) is 29.2 Å². The summed E-state index contributed by atoms with van der Waals surface area (Å²) in [5.74, 6) is -1.03. The normalized spacial score (nSPS) is 21.1. The number of carbonyl (C=O) groups excluding carboxylic acids is 1. The van der Waals surface area contributed by atoms with Crippen molar-refractivity contribution in [2.45, 2.75) is 44.8 Å². The van der Waals surface area contributed by atoms with Crippen LogP contribution < -0.4 is 16.1 Å². The molecule has 0 bridgehead atoms. The van der Waals surface area contributed by atoms with Gasteiger partial charge in [-0.25, -0.2) is 14.2 Å². The number of ether oxygens (including phenoxy) is 1. The Balaban J connectivity index is 1.72. The first-order chi connectivity index (χ1) is 14.4. The van der Waals surface area contributed by atoms with Gasteiger partial charge in [-0.05, 0) is 44.9 Å². The first-order valence-electron chi connectivity index (χ1n) is 10.3. The Bertz CT molecular complexity index is 1250. The smallest absolute Gasteiger partial charge is 0.343 e. The molecule has 0 spiro atoms. The highest BCUT2D eigenvalue weighted by Gasteiger charge is 2.34. The summed E-state index contributed by atoms with van der Waals surface area (Å²) in [6.45, 7) is 4.43. The van der Waals surface area contributed by atoms with Crippen molar-refractivity contribution in [2.24, 2.45) is 5.73 Å². The maximum Gasteiger partial charge on any atom is 0.343 e. The molecule has 1 saturated carbocycles. The molecule has 2 aromatic heterocycles. The molecule has 1 aliphatic heterocycles. The van der Waals surface area contributed by atoms with Crippen LogP contribution in [0.1, 0.15) is 43.1 Å². The number of hydrogen-bond donors (Lipinski definition) is 1. The summed E-state index contributed by atoms with van der Waals surface area (Å²) in [6, 6.07) is 5.00. The summed E-state index contributed by atoms with van der Waals surface area (Å²) in [6.07, 6.45) is 3.47. The van der Waals surface area contributed by atoms with Crippen molar-refractivity contribution in [3.63, 3.8) is 0 Å².